The first kappa shape index (κ1) is 7.98. The van der Waals surface area contributed by atoms with Crippen LogP contribution in [0.15, 0.2) is 12.5 Å². The molecule has 0 fully saturated rings. The molecule has 0 aliphatic heterocycles. The van der Waals surface area contributed by atoms with E-state index in [1.54, 1.807) is 0 Å². The van der Waals surface area contributed by atoms with Gasteiger partial charge in [-0.2, -0.15) is 5.10 Å². The zero-order valence-corrected chi connectivity index (χ0v) is 4.94. The molecule has 0 atom stereocenters. The summed E-state index contributed by atoms with van der Waals surface area (Å²) in [5.41, 5.74) is 0.549. The molecule has 2 rings (SSSR count). The van der Waals surface area contributed by atoms with Gasteiger partial charge in [0.25, 0.3) is 0 Å². The zero-order valence-electron chi connectivity index (χ0n) is 4.94. The summed E-state index contributed by atoms with van der Waals surface area (Å²) < 4.78 is 0. The molecule has 2 N–H and O–H groups in total. The van der Waals surface area contributed by atoms with Gasteiger partial charge in [-0.3, -0.25) is 5.10 Å². The molecule has 0 saturated heterocycles. The molecule has 0 saturated carbocycles. The fraction of sp³-hybridized carbons (Fsp3) is 0. The number of aromatic nitrogens is 4. The van der Waals surface area contributed by atoms with Gasteiger partial charge >= 0.3 is 0 Å². The predicted molar refractivity (Wildman–Crippen MR) is 43.3 cm³/mol. The van der Waals surface area contributed by atoms with E-state index in [4.69, 9.17) is 5.11 Å². The third kappa shape index (κ3) is 1.18. The van der Waals surface area contributed by atoms with Crippen molar-refractivity contribution in [3.05, 3.63) is 12.5 Å². The lowest BCUT2D eigenvalue weighted by Crippen LogP contribution is -1.79. The first-order chi connectivity index (χ1) is 4.88. The summed E-state index contributed by atoms with van der Waals surface area (Å²) in [4.78, 5) is 7.38. The fourth-order valence-corrected chi connectivity index (χ4v) is 0.752. The minimum Gasteiger partial charge on any atom is -0.493 e. The number of H-pyrrole nitrogens is 1. The summed E-state index contributed by atoms with van der Waals surface area (Å²) in [7, 11) is 0. The van der Waals surface area contributed by atoms with E-state index in [1.165, 1.54) is 12.5 Å². The lowest BCUT2D eigenvalue weighted by Gasteiger charge is -1.87. The molecule has 0 aliphatic carbocycles. The van der Waals surface area contributed by atoms with Crippen LogP contribution in [0.2, 0.25) is 0 Å². The number of fused-ring (bicyclic) bond motifs is 1. The third-order valence-electron chi connectivity index (χ3n) is 1.23. The minimum atomic E-state index is -0.0428. The van der Waals surface area contributed by atoms with Gasteiger partial charge in [-0.15, -0.1) is 0 Å². The molecule has 6 heteroatoms. The van der Waals surface area contributed by atoms with Gasteiger partial charge in [0.05, 0.1) is 6.20 Å². The molecule has 56 valence electrons. The highest BCUT2D eigenvalue weighted by atomic mass is 27.0. The Balaban J connectivity index is 0.000000605. The summed E-state index contributed by atoms with van der Waals surface area (Å²) in [5, 5.41) is 15.9. The molecule has 2 heterocycles. The highest BCUT2D eigenvalue weighted by molar-refractivity contribution is 5.78. The van der Waals surface area contributed by atoms with E-state index in [1.807, 2.05) is 0 Å². The normalized spacial score (nSPS) is 9.45. The molecule has 11 heavy (non-hydrogen) atoms. The lowest BCUT2D eigenvalue weighted by atomic mass is 10.4. The van der Waals surface area contributed by atoms with E-state index >= 15 is 0 Å². The molecule has 5 nitrogen and oxygen atoms in total. The Labute approximate surface area is 72.6 Å². The van der Waals surface area contributed by atoms with Crippen molar-refractivity contribution in [3.63, 3.8) is 0 Å². The van der Waals surface area contributed by atoms with Crippen molar-refractivity contribution in [2.45, 2.75) is 0 Å². The van der Waals surface area contributed by atoms with Crippen LogP contribution in [0.25, 0.3) is 11.0 Å². The van der Waals surface area contributed by atoms with Crippen LogP contribution in [0.3, 0.4) is 0 Å². The number of hydrogen-bond donors (Lipinski definition) is 2. The first-order valence-corrected chi connectivity index (χ1v) is 2.71. The summed E-state index contributed by atoms with van der Waals surface area (Å²) in [6, 6.07) is 0. The molecule has 0 aromatic carbocycles. The summed E-state index contributed by atoms with van der Waals surface area (Å²) in [6.45, 7) is 0. The number of hydrogen-bond acceptors (Lipinski definition) is 4. The van der Waals surface area contributed by atoms with Gasteiger partial charge < -0.3 is 5.11 Å². The van der Waals surface area contributed by atoms with Gasteiger partial charge in [-0.1, -0.05) is 0 Å². The van der Waals surface area contributed by atoms with Crippen molar-refractivity contribution >= 4 is 28.4 Å². The average molecular weight is 166 g/mol. The lowest BCUT2D eigenvalue weighted by molar-refractivity contribution is 0.459. The van der Waals surface area contributed by atoms with Crippen molar-refractivity contribution in [2.24, 2.45) is 0 Å². The van der Waals surface area contributed by atoms with Crippen LogP contribution in [-0.2, 0) is 0 Å². The Morgan fingerprint density at radius 1 is 1.36 bits per heavy atom. The van der Waals surface area contributed by atoms with E-state index in [-0.39, 0.29) is 23.2 Å². The molecule has 0 aliphatic rings. The van der Waals surface area contributed by atoms with Crippen molar-refractivity contribution in [1.82, 2.24) is 20.2 Å². The van der Waals surface area contributed by atoms with Crippen LogP contribution in [0.4, 0.5) is 0 Å². The second kappa shape index (κ2) is 2.86. The molecule has 0 bridgehead atoms. The van der Waals surface area contributed by atoms with Crippen LogP contribution < -0.4 is 0 Å². The SMILES string of the molecule is Oc1ncnc2[nH]ncc12.[AlH3]. The first-order valence-electron chi connectivity index (χ1n) is 2.71. The molecular formula is C5H7AlN4O. The Morgan fingerprint density at radius 3 is 2.91 bits per heavy atom. The Bertz CT molecular complexity index is 360. The van der Waals surface area contributed by atoms with E-state index in [0.717, 1.165) is 0 Å². The molecule has 0 radical (unpaired) electrons. The van der Waals surface area contributed by atoms with Gasteiger partial charge in [-0.25, -0.2) is 9.97 Å². The van der Waals surface area contributed by atoms with E-state index in [2.05, 4.69) is 20.2 Å². The number of aromatic amines is 1. The Hall–Kier alpha value is -1.12. The monoisotopic (exact) mass is 166 g/mol. The standard InChI is InChI=1S/C5H4N4O.Al.3H/c10-5-3-1-8-9-4(3)6-2-7-5;;;;/h1-2H,(H2,6,7,8,9,10);;;;. The van der Waals surface area contributed by atoms with E-state index in [9.17, 15) is 0 Å². The Kier molecular flexibility index (Phi) is 2.08. The second-order valence-corrected chi connectivity index (χ2v) is 1.83. The summed E-state index contributed by atoms with van der Waals surface area (Å²) >= 11 is 0. The Morgan fingerprint density at radius 2 is 2.18 bits per heavy atom. The van der Waals surface area contributed by atoms with Crippen molar-refractivity contribution in [1.29, 1.82) is 0 Å². The molecule has 2 aromatic rings. The maximum atomic E-state index is 9.05. The number of nitrogens with one attached hydrogen (secondary N) is 1. The van der Waals surface area contributed by atoms with Gasteiger partial charge in [0.2, 0.25) is 5.88 Å². The maximum Gasteiger partial charge on any atom is 0.225 e. The van der Waals surface area contributed by atoms with Gasteiger partial charge in [0, 0.05) is 0 Å². The molecule has 0 amide bonds. The van der Waals surface area contributed by atoms with E-state index < -0.39 is 0 Å². The largest absolute Gasteiger partial charge is 0.493 e. The van der Waals surface area contributed by atoms with Crippen LogP contribution in [0, 0.1) is 0 Å². The molecule has 2 aromatic heterocycles. The zero-order chi connectivity index (χ0) is 6.97. The number of aromatic hydroxyl groups is 1. The van der Waals surface area contributed by atoms with Crippen LogP contribution in [0.5, 0.6) is 5.88 Å². The smallest absolute Gasteiger partial charge is 0.225 e. The minimum absolute atomic E-state index is 0. The molecule has 0 unspecified atom stereocenters. The van der Waals surface area contributed by atoms with Gasteiger partial charge in [-0.05, 0) is 0 Å². The molecule has 0 spiro atoms. The van der Waals surface area contributed by atoms with Crippen LogP contribution in [0.1, 0.15) is 0 Å². The van der Waals surface area contributed by atoms with E-state index in [0.29, 0.717) is 11.0 Å². The van der Waals surface area contributed by atoms with Crippen LogP contribution >= 0.6 is 0 Å². The van der Waals surface area contributed by atoms with Crippen molar-refractivity contribution in [2.75, 3.05) is 0 Å². The van der Waals surface area contributed by atoms with Crippen molar-refractivity contribution in [3.8, 4) is 5.88 Å². The van der Waals surface area contributed by atoms with Gasteiger partial charge in [0.1, 0.15) is 11.7 Å². The fourth-order valence-electron chi connectivity index (χ4n) is 0.752. The average Bonchev–Trinajstić information content (AvgIpc) is 2.36. The van der Waals surface area contributed by atoms with Gasteiger partial charge in [0.15, 0.2) is 23.0 Å². The summed E-state index contributed by atoms with van der Waals surface area (Å²) in [6.07, 6.45) is 2.75. The maximum absolute atomic E-state index is 9.05. The number of nitrogens with zero attached hydrogens (tertiary/aromatic N) is 3. The highest BCUT2D eigenvalue weighted by Gasteiger charge is 2.00. The number of rotatable bonds is 0. The predicted octanol–water partition coefficient (Wildman–Crippen LogP) is -1.13. The quantitative estimate of drug-likeness (QED) is 0.486. The molecular weight excluding hydrogens is 159 g/mol. The topological polar surface area (TPSA) is 74.7 Å². The highest BCUT2D eigenvalue weighted by Crippen LogP contribution is 2.15. The third-order valence-corrected chi connectivity index (χ3v) is 1.23. The second-order valence-electron chi connectivity index (χ2n) is 1.83. The van der Waals surface area contributed by atoms with Crippen LogP contribution in [-0.4, -0.2) is 42.6 Å². The summed E-state index contributed by atoms with van der Waals surface area (Å²) in [5.74, 6) is -0.0428. The van der Waals surface area contributed by atoms with Crippen molar-refractivity contribution < 1.29 is 5.11 Å².